The van der Waals surface area contributed by atoms with Crippen molar-refractivity contribution in [3.05, 3.63) is 99.8 Å². The number of aromatic nitrogens is 1. The van der Waals surface area contributed by atoms with Gasteiger partial charge in [-0.25, -0.2) is 13.8 Å². The fourth-order valence-corrected chi connectivity index (χ4v) is 6.12. The van der Waals surface area contributed by atoms with Crippen molar-refractivity contribution >= 4 is 51.0 Å². The average Bonchev–Trinajstić information content (AvgIpc) is 3.25. The zero-order valence-corrected chi connectivity index (χ0v) is 25.1. The van der Waals surface area contributed by atoms with Crippen LogP contribution in [0.4, 0.5) is 5.69 Å². The highest BCUT2D eigenvalue weighted by Gasteiger charge is 2.29. The highest BCUT2D eigenvalue weighted by Crippen LogP contribution is 2.35. The molecule has 0 saturated carbocycles. The molecular weight excluding hydrogens is 587 g/mol. The highest BCUT2D eigenvalue weighted by molar-refractivity contribution is 7.92. The fraction of sp³-hybridized carbons (Fsp3) is 0.172. The van der Waals surface area contributed by atoms with E-state index in [9.17, 15) is 13.2 Å². The Morgan fingerprint density at radius 3 is 2.41 bits per heavy atom. The van der Waals surface area contributed by atoms with Crippen molar-refractivity contribution in [1.82, 2.24) is 9.99 Å². The summed E-state index contributed by atoms with van der Waals surface area (Å²) in [7, 11) is -1.26. The maximum Gasteiger partial charge on any atom is 0.264 e. The lowest BCUT2D eigenvalue weighted by Gasteiger charge is -2.25. The molecule has 1 amide bonds. The normalized spacial score (nSPS) is 11.5. The summed E-state index contributed by atoms with van der Waals surface area (Å²) in [6, 6.07) is 19.6. The zero-order chi connectivity index (χ0) is 29.7. The summed E-state index contributed by atoms with van der Waals surface area (Å²) in [5.41, 5.74) is 5.74. The van der Waals surface area contributed by atoms with E-state index in [-0.39, 0.29) is 16.3 Å². The summed E-state index contributed by atoms with van der Waals surface area (Å²) in [6.07, 6.45) is 1.49. The van der Waals surface area contributed by atoms with E-state index >= 15 is 0 Å². The van der Waals surface area contributed by atoms with Gasteiger partial charge >= 0.3 is 0 Å². The van der Waals surface area contributed by atoms with Crippen molar-refractivity contribution in [2.24, 2.45) is 5.10 Å². The van der Waals surface area contributed by atoms with Gasteiger partial charge < -0.3 is 14.0 Å². The third-order valence-electron chi connectivity index (χ3n) is 6.29. The summed E-state index contributed by atoms with van der Waals surface area (Å²) in [6.45, 7) is 3.24. The smallest absolute Gasteiger partial charge is 0.264 e. The van der Waals surface area contributed by atoms with Crippen LogP contribution >= 0.6 is 23.2 Å². The number of rotatable bonds is 10. The minimum absolute atomic E-state index is 0.0151. The summed E-state index contributed by atoms with van der Waals surface area (Å²) < 4.78 is 40.9. The largest absolute Gasteiger partial charge is 0.497 e. The Bertz CT molecular complexity index is 1710. The molecule has 9 nitrogen and oxygen atoms in total. The van der Waals surface area contributed by atoms with E-state index in [2.05, 4.69) is 10.5 Å². The quantitative estimate of drug-likeness (QED) is 0.181. The van der Waals surface area contributed by atoms with Crippen molar-refractivity contribution in [1.29, 1.82) is 0 Å². The summed E-state index contributed by atoms with van der Waals surface area (Å²) in [5.74, 6) is 0.0194. The van der Waals surface area contributed by atoms with Gasteiger partial charge in [0.15, 0.2) is 0 Å². The van der Waals surface area contributed by atoms with E-state index in [1.165, 1.54) is 38.6 Å². The Balaban J connectivity index is 1.61. The number of halogens is 2. The molecule has 0 saturated heterocycles. The van der Waals surface area contributed by atoms with E-state index in [0.717, 1.165) is 21.3 Å². The molecule has 0 fully saturated rings. The van der Waals surface area contributed by atoms with Crippen LogP contribution in [0.2, 0.25) is 10.0 Å². The van der Waals surface area contributed by atoms with Gasteiger partial charge in [-0.1, -0.05) is 41.4 Å². The van der Waals surface area contributed by atoms with Crippen LogP contribution in [0.1, 0.15) is 17.0 Å². The predicted octanol–water partition coefficient (Wildman–Crippen LogP) is 5.76. The molecule has 0 radical (unpaired) electrons. The molecule has 0 aliphatic rings. The number of methoxy groups -OCH3 is 2. The highest BCUT2D eigenvalue weighted by atomic mass is 35.5. The second-order valence-electron chi connectivity index (χ2n) is 8.91. The molecule has 0 aliphatic heterocycles. The number of hydrogen-bond donors (Lipinski definition) is 1. The average molecular weight is 616 g/mol. The van der Waals surface area contributed by atoms with Crippen LogP contribution in [-0.2, 0) is 14.8 Å². The first-order chi connectivity index (χ1) is 19.6. The van der Waals surface area contributed by atoms with Crippen LogP contribution in [0, 0.1) is 13.8 Å². The lowest BCUT2D eigenvalue weighted by Crippen LogP contribution is -2.39. The molecule has 0 spiro atoms. The molecule has 0 unspecified atom stereocenters. The van der Waals surface area contributed by atoms with Gasteiger partial charge in [0.25, 0.3) is 15.9 Å². The number of ether oxygens (including phenoxy) is 2. The van der Waals surface area contributed by atoms with Gasteiger partial charge in [0.1, 0.15) is 18.0 Å². The lowest BCUT2D eigenvalue weighted by molar-refractivity contribution is -0.119. The van der Waals surface area contributed by atoms with E-state index in [1.54, 1.807) is 48.5 Å². The van der Waals surface area contributed by atoms with Crippen LogP contribution in [0.5, 0.6) is 11.5 Å². The van der Waals surface area contributed by atoms with Crippen LogP contribution in [-0.4, -0.2) is 45.9 Å². The number of amides is 1. The second kappa shape index (κ2) is 12.7. The lowest BCUT2D eigenvalue weighted by atomic mass is 10.2. The third-order valence-corrected chi connectivity index (χ3v) is 8.61. The molecule has 1 N–H and O–H groups in total. The number of hydrazone groups is 1. The molecule has 1 heterocycles. The Labute approximate surface area is 249 Å². The number of nitrogens with one attached hydrogen (secondary N) is 1. The van der Waals surface area contributed by atoms with E-state index < -0.39 is 22.5 Å². The van der Waals surface area contributed by atoms with Crippen LogP contribution in [0.25, 0.3) is 5.69 Å². The van der Waals surface area contributed by atoms with Crippen LogP contribution in [0.3, 0.4) is 0 Å². The van der Waals surface area contributed by atoms with E-state index in [0.29, 0.717) is 21.5 Å². The molecule has 0 bridgehead atoms. The van der Waals surface area contributed by atoms with Crippen LogP contribution in [0.15, 0.2) is 82.8 Å². The first kappa shape index (κ1) is 30.0. The van der Waals surface area contributed by atoms with Crippen LogP contribution < -0.4 is 19.2 Å². The van der Waals surface area contributed by atoms with Crippen molar-refractivity contribution in [3.63, 3.8) is 0 Å². The SMILES string of the molecule is COc1ccc(N(CC(=O)N/N=C/c2cc(C)n(-c3cc(Cl)ccc3Cl)c2C)S(=O)(=O)c2ccccc2)c(OC)c1. The Kier molecular flexibility index (Phi) is 9.27. The second-order valence-corrected chi connectivity index (χ2v) is 11.6. The number of benzene rings is 3. The summed E-state index contributed by atoms with van der Waals surface area (Å²) in [4.78, 5) is 13.1. The van der Waals surface area contributed by atoms with Gasteiger partial charge in [0.2, 0.25) is 0 Å². The molecule has 41 heavy (non-hydrogen) atoms. The first-order valence-electron chi connectivity index (χ1n) is 12.3. The molecular formula is C29H28Cl2N4O5S. The standard InChI is InChI=1S/C29H28Cl2N4O5S/c1-19-14-21(20(2)35(19)27-15-22(30)10-12-25(27)31)17-32-33-29(36)18-34(41(37,38)24-8-6-5-7-9-24)26-13-11-23(39-3)16-28(26)40-4/h5-17H,18H2,1-4H3,(H,33,36)/b32-17+. The van der Waals surface area contributed by atoms with Gasteiger partial charge in [-0.05, 0) is 62.4 Å². The Morgan fingerprint density at radius 2 is 1.73 bits per heavy atom. The van der Waals surface area contributed by atoms with Gasteiger partial charge in [-0.2, -0.15) is 5.10 Å². The number of hydrogen-bond acceptors (Lipinski definition) is 6. The zero-order valence-electron chi connectivity index (χ0n) is 22.8. The molecule has 0 aliphatic carbocycles. The molecule has 214 valence electrons. The fourth-order valence-electron chi connectivity index (χ4n) is 4.30. The molecule has 3 aromatic carbocycles. The molecule has 0 atom stereocenters. The topological polar surface area (TPSA) is 102 Å². The summed E-state index contributed by atoms with van der Waals surface area (Å²) in [5, 5.41) is 5.17. The van der Waals surface area contributed by atoms with Gasteiger partial charge in [-0.3, -0.25) is 9.10 Å². The van der Waals surface area contributed by atoms with Crippen molar-refractivity contribution in [2.75, 3.05) is 25.1 Å². The number of sulfonamides is 1. The number of carbonyl (C=O) groups excluding carboxylic acids is 1. The molecule has 4 aromatic rings. The first-order valence-corrected chi connectivity index (χ1v) is 14.5. The van der Waals surface area contributed by atoms with E-state index in [4.69, 9.17) is 32.7 Å². The maximum atomic E-state index is 13.7. The number of carbonyl (C=O) groups is 1. The predicted molar refractivity (Wildman–Crippen MR) is 162 cm³/mol. The minimum atomic E-state index is -4.15. The maximum absolute atomic E-state index is 13.7. The molecule has 4 rings (SSSR count). The van der Waals surface area contributed by atoms with Crippen molar-refractivity contribution in [3.8, 4) is 17.2 Å². The van der Waals surface area contributed by atoms with E-state index in [1.807, 2.05) is 24.5 Å². The number of anilines is 1. The minimum Gasteiger partial charge on any atom is -0.497 e. The number of nitrogens with zero attached hydrogens (tertiary/aromatic N) is 3. The Hall–Kier alpha value is -3.99. The van der Waals surface area contributed by atoms with Gasteiger partial charge in [0.05, 0.1) is 41.7 Å². The monoisotopic (exact) mass is 614 g/mol. The van der Waals surface area contributed by atoms with Gasteiger partial charge in [0, 0.05) is 28.0 Å². The van der Waals surface area contributed by atoms with Crippen molar-refractivity contribution in [2.45, 2.75) is 18.7 Å². The third kappa shape index (κ3) is 6.51. The van der Waals surface area contributed by atoms with Crippen molar-refractivity contribution < 1.29 is 22.7 Å². The number of aryl methyl sites for hydroxylation is 1. The van der Waals surface area contributed by atoms with Gasteiger partial charge in [-0.15, -0.1) is 0 Å². The molecule has 1 aromatic heterocycles. The molecule has 12 heteroatoms. The Morgan fingerprint density at radius 1 is 1.00 bits per heavy atom. The summed E-state index contributed by atoms with van der Waals surface area (Å²) >= 11 is 12.6.